The van der Waals surface area contributed by atoms with E-state index in [0.29, 0.717) is 11.6 Å². The summed E-state index contributed by atoms with van der Waals surface area (Å²) in [5, 5.41) is 2.57. The van der Waals surface area contributed by atoms with Crippen LogP contribution in [-0.4, -0.2) is 17.1 Å². The van der Waals surface area contributed by atoms with Crippen LogP contribution in [0.5, 0.6) is 5.88 Å². The molecule has 0 atom stereocenters. The fourth-order valence-electron chi connectivity index (χ4n) is 2.00. The van der Waals surface area contributed by atoms with Gasteiger partial charge in [0.2, 0.25) is 5.88 Å². The molecule has 1 aromatic heterocycles. The van der Waals surface area contributed by atoms with E-state index in [2.05, 4.69) is 10.3 Å². The van der Waals surface area contributed by atoms with E-state index in [9.17, 15) is 4.79 Å². The number of nitrogens with one attached hydrogen (secondary N) is 1. The Kier molecular flexibility index (Phi) is 4.42. The molecule has 0 saturated carbocycles. The van der Waals surface area contributed by atoms with Crippen molar-refractivity contribution < 1.29 is 9.53 Å². The van der Waals surface area contributed by atoms with Crippen LogP contribution in [0.1, 0.15) is 19.4 Å². The molecule has 0 fully saturated rings. The third-order valence-corrected chi connectivity index (χ3v) is 2.91. The highest BCUT2D eigenvalue weighted by Crippen LogP contribution is 2.27. The lowest BCUT2D eigenvalue weighted by atomic mass is 10.0. The van der Waals surface area contributed by atoms with Crippen molar-refractivity contribution in [3.05, 3.63) is 42.1 Å². The van der Waals surface area contributed by atoms with Crippen LogP contribution in [0.25, 0.3) is 11.1 Å². The maximum Gasteiger partial charge on any atom is 0.316 e. The van der Waals surface area contributed by atoms with Gasteiger partial charge in [0.15, 0.2) is 0 Å². The summed E-state index contributed by atoms with van der Waals surface area (Å²) in [6, 6.07) is 8.82. The molecule has 0 unspecified atom stereocenters. The van der Waals surface area contributed by atoms with Crippen LogP contribution in [-0.2, 0) is 0 Å². The Morgan fingerprint density at radius 1 is 1.29 bits per heavy atom. The Morgan fingerprint density at radius 2 is 2.05 bits per heavy atom. The topological polar surface area (TPSA) is 77.2 Å². The minimum atomic E-state index is -0.580. The molecule has 0 aliphatic rings. The first-order valence-electron chi connectivity index (χ1n) is 6.76. The Labute approximate surface area is 124 Å². The van der Waals surface area contributed by atoms with Gasteiger partial charge < -0.3 is 15.8 Å². The largest absolute Gasteiger partial charge is 0.475 e. The number of carbonyl (C=O) groups is 1. The Hall–Kier alpha value is -2.56. The van der Waals surface area contributed by atoms with Gasteiger partial charge >= 0.3 is 6.03 Å². The first-order valence-corrected chi connectivity index (χ1v) is 6.76. The molecule has 0 radical (unpaired) electrons. The monoisotopic (exact) mass is 285 g/mol. The van der Waals surface area contributed by atoms with E-state index in [1.165, 1.54) is 0 Å². The van der Waals surface area contributed by atoms with Gasteiger partial charge in [0.1, 0.15) is 0 Å². The predicted octanol–water partition coefficient (Wildman–Crippen LogP) is 3.33. The summed E-state index contributed by atoms with van der Waals surface area (Å²) in [7, 11) is 0. The van der Waals surface area contributed by atoms with Gasteiger partial charge in [-0.3, -0.25) is 0 Å². The van der Waals surface area contributed by atoms with E-state index in [-0.39, 0.29) is 6.10 Å². The molecule has 0 saturated heterocycles. The average Bonchev–Trinajstić information content (AvgIpc) is 2.41. The number of anilines is 1. The lowest BCUT2D eigenvalue weighted by Gasteiger charge is -2.11. The van der Waals surface area contributed by atoms with E-state index in [1.807, 2.05) is 51.1 Å². The average molecular weight is 285 g/mol. The number of amides is 2. The summed E-state index contributed by atoms with van der Waals surface area (Å²) in [5.74, 6) is 0.595. The third-order valence-electron chi connectivity index (χ3n) is 2.91. The number of rotatable bonds is 4. The van der Waals surface area contributed by atoms with Crippen molar-refractivity contribution >= 4 is 11.7 Å². The number of primary amides is 1. The van der Waals surface area contributed by atoms with Crippen LogP contribution in [0.15, 0.2) is 36.5 Å². The zero-order chi connectivity index (χ0) is 15.4. The van der Waals surface area contributed by atoms with Gasteiger partial charge in [-0.2, -0.15) is 0 Å². The Morgan fingerprint density at radius 3 is 2.62 bits per heavy atom. The van der Waals surface area contributed by atoms with E-state index in [4.69, 9.17) is 10.5 Å². The molecular formula is C16H19N3O2. The third kappa shape index (κ3) is 3.95. The second-order valence-corrected chi connectivity index (χ2v) is 5.07. The van der Waals surface area contributed by atoms with E-state index in [0.717, 1.165) is 16.7 Å². The summed E-state index contributed by atoms with van der Waals surface area (Å²) in [6.07, 6.45) is 1.85. The molecule has 2 rings (SSSR count). The molecule has 0 aliphatic carbocycles. The molecule has 2 amide bonds. The van der Waals surface area contributed by atoms with Crippen molar-refractivity contribution in [1.29, 1.82) is 0 Å². The number of carbonyl (C=O) groups excluding carboxylic acids is 1. The summed E-state index contributed by atoms with van der Waals surface area (Å²) in [5.41, 5.74) is 8.83. The summed E-state index contributed by atoms with van der Waals surface area (Å²) < 4.78 is 5.53. The van der Waals surface area contributed by atoms with Crippen LogP contribution < -0.4 is 15.8 Å². The first-order chi connectivity index (χ1) is 9.95. The highest BCUT2D eigenvalue weighted by molar-refractivity contribution is 5.89. The number of aromatic nitrogens is 1. The van der Waals surface area contributed by atoms with Gasteiger partial charge in [0.25, 0.3) is 0 Å². The fourth-order valence-corrected chi connectivity index (χ4v) is 2.00. The van der Waals surface area contributed by atoms with Gasteiger partial charge in [-0.25, -0.2) is 9.78 Å². The summed E-state index contributed by atoms with van der Waals surface area (Å²) in [4.78, 5) is 15.2. The minimum Gasteiger partial charge on any atom is -0.475 e. The minimum absolute atomic E-state index is 0.0909. The van der Waals surface area contributed by atoms with Crippen LogP contribution in [0.3, 0.4) is 0 Å². The molecule has 1 heterocycles. The predicted molar refractivity (Wildman–Crippen MR) is 83.4 cm³/mol. The first kappa shape index (κ1) is 14.8. The molecule has 21 heavy (non-hydrogen) atoms. The lowest BCUT2D eigenvalue weighted by molar-refractivity contribution is 0.232. The molecule has 0 spiro atoms. The van der Waals surface area contributed by atoms with Crippen LogP contribution in [0.4, 0.5) is 10.5 Å². The van der Waals surface area contributed by atoms with Gasteiger partial charge in [-0.15, -0.1) is 0 Å². The van der Waals surface area contributed by atoms with Crippen molar-refractivity contribution in [2.75, 3.05) is 5.32 Å². The van der Waals surface area contributed by atoms with Gasteiger partial charge in [0.05, 0.1) is 6.10 Å². The van der Waals surface area contributed by atoms with Crippen molar-refractivity contribution in [1.82, 2.24) is 4.98 Å². The number of nitrogens with zero attached hydrogens (tertiary/aromatic N) is 1. The zero-order valence-corrected chi connectivity index (χ0v) is 12.4. The number of pyridine rings is 1. The van der Waals surface area contributed by atoms with E-state index < -0.39 is 6.03 Å². The van der Waals surface area contributed by atoms with Crippen LogP contribution in [0.2, 0.25) is 0 Å². The number of ether oxygens (including phenoxy) is 1. The molecule has 2 aromatic rings. The van der Waals surface area contributed by atoms with Gasteiger partial charge in [0, 0.05) is 23.5 Å². The smallest absolute Gasteiger partial charge is 0.316 e. The molecule has 0 aliphatic heterocycles. The SMILES string of the molecule is Cc1ccc(NC(N)=O)cc1-c1ccc(OC(C)C)nc1. The second-order valence-electron chi connectivity index (χ2n) is 5.07. The molecule has 110 valence electrons. The highest BCUT2D eigenvalue weighted by Gasteiger charge is 2.06. The number of aryl methyl sites for hydroxylation is 1. The number of hydrogen-bond acceptors (Lipinski definition) is 3. The maximum atomic E-state index is 10.9. The number of benzene rings is 1. The summed E-state index contributed by atoms with van der Waals surface area (Å²) >= 11 is 0. The van der Waals surface area contributed by atoms with Gasteiger partial charge in [-0.05, 0) is 50.1 Å². The lowest BCUT2D eigenvalue weighted by Crippen LogP contribution is -2.19. The van der Waals surface area contributed by atoms with Crippen LogP contribution >= 0.6 is 0 Å². The number of hydrogen-bond donors (Lipinski definition) is 2. The Balaban J connectivity index is 2.30. The quantitative estimate of drug-likeness (QED) is 0.904. The standard InChI is InChI=1S/C16H19N3O2/c1-10(2)21-15-7-5-12(9-18-15)14-8-13(19-16(17)20)6-4-11(14)3/h4-10H,1-3H3,(H3,17,19,20). The maximum absolute atomic E-state index is 10.9. The zero-order valence-electron chi connectivity index (χ0n) is 12.4. The molecule has 5 heteroatoms. The number of nitrogens with two attached hydrogens (primary N) is 1. The normalized spacial score (nSPS) is 10.5. The molecule has 0 bridgehead atoms. The van der Waals surface area contributed by atoms with Crippen molar-refractivity contribution in [3.63, 3.8) is 0 Å². The van der Waals surface area contributed by atoms with Crippen molar-refractivity contribution in [2.24, 2.45) is 5.73 Å². The molecule has 1 aromatic carbocycles. The van der Waals surface area contributed by atoms with Crippen molar-refractivity contribution in [3.8, 4) is 17.0 Å². The molecule has 5 nitrogen and oxygen atoms in total. The summed E-state index contributed by atoms with van der Waals surface area (Å²) in [6.45, 7) is 5.92. The van der Waals surface area contributed by atoms with E-state index in [1.54, 1.807) is 6.20 Å². The fraction of sp³-hybridized carbons (Fsp3) is 0.250. The Bertz CT molecular complexity index is 636. The number of urea groups is 1. The van der Waals surface area contributed by atoms with Crippen LogP contribution in [0, 0.1) is 6.92 Å². The second kappa shape index (κ2) is 6.26. The van der Waals surface area contributed by atoms with Gasteiger partial charge in [-0.1, -0.05) is 6.07 Å². The molecule has 3 N–H and O–H groups in total. The van der Waals surface area contributed by atoms with Crippen molar-refractivity contribution in [2.45, 2.75) is 26.9 Å². The molecular weight excluding hydrogens is 266 g/mol. The highest BCUT2D eigenvalue weighted by atomic mass is 16.5. The van der Waals surface area contributed by atoms with E-state index >= 15 is 0 Å².